The molecule has 0 saturated heterocycles. The summed E-state index contributed by atoms with van der Waals surface area (Å²) in [4.78, 5) is 0. The SMILES string of the molecule is CCc1ccc(OC(C)c2nnc(SCc3c(F)cccc3Cl)n2CC)cc1. The van der Waals surface area contributed by atoms with Gasteiger partial charge in [0.1, 0.15) is 11.6 Å². The third-order valence-electron chi connectivity index (χ3n) is 4.48. The lowest BCUT2D eigenvalue weighted by atomic mass is 10.2. The molecule has 0 bridgehead atoms. The molecule has 1 aromatic heterocycles. The molecule has 0 aliphatic carbocycles. The number of benzene rings is 2. The zero-order valence-electron chi connectivity index (χ0n) is 16.2. The van der Waals surface area contributed by atoms with E-state index in [0.717, 1.165) is 18.0 Å². The van der Waals surface area contributed by atoms with E-state index < -0.39 is 0 Å². The summed E-state index contributed by atoms with van der Waals surface area (Å²) in [6.45, 7) is 6.79. The maximum Gasteiger partial charge on any atom is 0.191 e. The number of aryl methyl sites for hydroxylation is 1. The lowest BCUT2D eigenvalue weighted by Crippen LogP contribution is -2.12. The molecule has 7 heteroatoms. The van der Waals surface area contributed by atoms with Crippen LogP contribution in [0, 0.1) is 5.82 Å². The molecule has 0 radical (unpaired) electrons. The van der Waals surface area contributed by atoms with Crippen molar-refractivity contribution in [3.05, 3.63) is 70.3 Å². The van der Waals surface area contributed by atoms with E-state index in [2.05, 4.69) is 29.3 Å². The lowest BCUT2D eigenvalue weighted by Gasteiger charge is -2.16. The Labute approximate surface area is 174 Å². The summed E-state index contributed by atoms with van der Waals surface area (Å²) in [5.74, 6) is 1.61. The van der Waals surface area contributed by atoms with Crippen LogP contribution in [-0.4, -0.2) is 14.8 Å². The van der Waals surface area contributed by atoms with Crippen molar-refractivity contribution in [3.63, 3.8) is 0 Å². The van der Waals surface area contributed by atoms with Gasteiger partial charge in [-0.25, -0.2) is 4.39 Å². The fraction of sp³-hybridized carbons (Fsp3) is 0.333. The van der Waals surface area contributed by atoms with Gasteiger partial charge in [-0.15, -0.1) is 10.2 Å². The van der Waals surface area contributed by atoms with Gasteiger partial charge in [0.15, 0.2) is 17.1 Å². The zero-order chi connectivity index (χ0) is 20.1. The molecule has 0 saturated carbocycles. The normalized spacial score (nSPS) is 12.2. The lowest BCUT2D eigenvalue weighted by molar-refractivity contribution is 0.210. The summed E-state index contributed by atoms with van der Waals surface area (Å²) in [6.07, 6.45) is 0.735. The average Bonchev–Trinajstić information content (AvgIpc) is 3.11. The maximum absolute atomic E-state index is 14.0. The van der Waals surface area contributed by atoms with Crippen molar-refractivity contribution in [1.29, 1.82) is 0 Å². The zero-order valence-corrected chi connectivity index (χ0v) is 17.7. The second-order valence-electron chi connectivity index (χ2n) is 6.33. The molecule has 0 spiro atoms. The van der Waals surface area contributed by atoms with Gasteiger partial charge in [0.05, 0.1) is 0 Å². The smallest absolute Gasteiger partial charge is 0.191 e. The second kappa shape index (κ2) is 9.43. The molecule has 0 aliphatic rings. The van der Waals surface area contributed by atoms with Crippen molar-refractivity contribution in [2.45, 2.75) is 50.8 Å². The van der Waals surface area contributed by atoms with Crippen molar-refractivity contribution >= 4 is 23.4 Å². The molecule has 0 amide bonds. The molecule has 1 heterocycles. The van der Waals surface area contributed by atoms with E-state index in [1.165, 1.54) is 23.4 Å². The van der Waals surface area contributed by atoms with Gasteiger partial charge in [-0.3, -0.25) is 0 Å². The van der Waals surface area contributed by atoms with Crippen LogP contribution in [0.1, 0.15) is 43.8 Å². The average molecular weight is 420 g/mol. The summed E-state index contributed by atoms with van der Waals surface area (Å²) in [6, 6.07) is 12.8. The van der Waals surface area contributed by atoms with Gasteiger partial charge in [-0.2, -0.15) is 0 Å². The van der Waals surface area contributed by atoms with Crippen LogP contribution in [0.5, 0.6) is 5.75 Å². The van der Waals surface area contributed by atoms with Gasteiger partial charge in [0, 0.05) is 22.9 Å². The fourth-order valence-corrected chi connectivity index (χ4v) is 4.23. The molecule has 1 unspecified atom stereocenters. The molecule has 0 aliphatic heterocycles. The Morgan fingerprint density at radius 1 is 1.14 bits per heavy atom. The van der Waals surface area contributed by atoms with Crippen LogP contribution in [0.15, 0.2) is 47.6 Å². The van der Waals surface area contributed by atoms with E-state index in [4.69, 9.17) is 16.3 Å². The van der Waals surface area contributed by atoms with Gasteiger partial charge in [-0.05, 0) is 50.1 Å². The van der Waals surface area contributed by atoms with Gasteiger partial charge in [0.2, 0.25) is 0 Å². The second-order valence-corrected chi connectivity index (χ2v) is 7.68. The van der Waals surface area contributed by atoms with Crippen LogP contribution in [0.25, 0.3) is 0 Å². The predicted octanol–water partition coefficient (Wildman–Crippen LogP) is 6.09. The van der Waals surface area contributed by atoms with Crippen LogP contribution >= 0.6 is 23.4 Å². The minimum atomic E-state index is -0.310. The number of halogens is 2. The number of aromatic nitrogens is 3. The largest absolute Gasteiger partial charge is 0.483 e. The Bertz CT molecular complexity index is 910. The van der Waals surface area contributed by atoms with E-state index in [-0.39, 0.29) is 11.9 Å². The van der Waals surface area contributed by atoms with Gasteiger partial charge in [-0.1, -0.05) is 48.5 Å². The number of hydrogen-bond acceptors (Lipinski definition) is 4. The van der Waals surface area contributed by atoms with Crippen molar-refractivity contribution in [1.82, 2.24) is 14.8 Å². The summed E-state index contributed by atoms with van der Waals surface area (Å²) in [5, 5.41) is 9.73. The molecule has 0 N–H and O–H groups in total. The molecule has 148 valence electrons. The van der Waals surface area contributed by atoms with Crippen LogP contribution in [0.4, 0.5) is 4.39 Å². The number of ether oxygens (including phenoxy) is 1. The van der Waals surface area contributed by atoms with E-state index in [9.17, 15) is 4.39 Å². The van der Waals surface area contributed by atoms with E-state index in [0.29, 0.717) is 28.0 Å². The third kappa shape index (κ3) is 4.67. The first-order chi connectivity index (χ1) is 13.5. The number of thioether (sulfide) groups is 1. The highest BCUT2D eigenvalue weighted by Crippen LogP contribution is 2.30. The molecule has 1 atom stereocenters. The van der Waals surface area contributed by atoms with Crippen LogP contribution < -0.4 is 4.74 Å². The molecule has 0 fully saturated rings. The molecule has 3 rings (SSSR count). The first kappa shape index (κ1) is 20.7. The van der Waals surface area contributed by atoms with Crippen molar-refractivity contribution in [2.75, 3.05) is 0 Å². The molecule has 28 heavy (non-hydrogen) atoms. The Morgan fingerprint density at radius 2 is 1.89 bits per heavy atom. The van der Waals surface area contributed by atoms with Crippen molar-refractivity contribution in [3.8, 4) is 5.75 Å². The van der Waals surface area contributed by atoms with E-state index >= 15 is 0 Å². The highest BCUT2D eigenvalue weighted by atomic mass is 35.5. The standard InChI is InChI=1S/C21H23ClFN3OS/c1-4-15-9-11-16(12-10-15)27-14(3)20-24-25-21(26(20)5-2)28-13-17-18(22)7-6-8-19(17)23/h6-12,14H,4-5,13H2,1-3H3. The van der Waals surface area contributed by atoms with Crippen LogP contribution in [0.3, 0.4) is 0 Å². The molecule has 3 aromatic rings. The predicted molar refractivity (Wildman–Crippen MR) is 112 cm³/mol. The number of nitrogens with zero attached hydrogens (tertiary/aromatic N) is 3. The molecular formula is C21H23ClFN3OS. The summed E-state index contributed by atoms with van der Waals surface area (Å²) in [5.41, 5.74) is 1.74. The Kier molecular flexibility index (Phi) is 6.97. The Balaban J connectivity index is 1.73. The van der Waals surface area contributed by atoms with Crippen molar-refractivity contribution < 1.29 is 9.13 Å². The van der Waals surface area contributed by atoms with E-state index in [1.807, 2.05) is 30.5 Å². The first-order valence-electron chi connectivity index (χ1n) is 9.27. The van der Waals surface area contributed by atoms with Gasteiger partial charge < -0.3 is 9.30 Å². The quantitative estimate of drug-likeness (QED) is 0.414. The topological polar surface area (TPSA) is 39.9 Å². The molecule has 2 aromatic carbocycles. The highest BCUT2D eigenvalue weighted by Gasteiger charge is 2.19. The summed E-state index contributed by atoms with van der Waals surface area (Å²) in [7, 11) is 0. The van der Waals surface area contributed by atoms with Crippen LogP contribution in [-0.2, 0) is 18.7 Å². The Morgan fingerprint density at radius 3 is 2.54 bits per heavy atom. The maximum atomic E-state index is 14.0. The monoisotopic (exact) mass is 419 g/mol. The van der Waals surface area contributed by atoms with Crippen molar-refractivity contribution in [2.24, 2.45) is 0 Å². The van der Waals surface area contributed by atoms with E-state index in [1.54, 1.807) is 12.1 Å². The molecule has 4 nitrogen and oxygen atoms in total. The number of rotatable bonds is 8. The minimum absolute atomic E-state index is 0.258. The highest BCUT2D eigenvalue weighted by molar-refractivity contribution is 7.98. The summed E-state index contributed by atoms with van der Waals surface area (Å²) < 4.78 is 22.0. The fourth-order valence-electron chi connectivity index (χ4n) is 2.87. The van der Waals surface area contributed by atoms with Crippen LogP contribution in [0.2, 0.25) is 5.02 Å². The summed E-state index contributed by atoms with van der Waals surface area (Å²) >= 11 is 7.53. The molecular weight excluding hydrogens is 397 g/mol. The minimum Gasteiger partial charge on any atom is -0.483 e. The first-order valence-corrected chi connectivity index (χ1v) is 10.6. The number of hydrogen-bond donors (Lipinski definition) is 0. The van der Waals surface area contributed by atoms with Gasteiger partial charge >= 0.3 is 0 Å². The van der Waals surface area contributed by atoms with Gasteiger partial charge in [0.25, 0.3) is 0 Å². The third-order valence-corrected chi connectivity index (χ3v) is 5.82. The Hall–Kier alpha value is -2.05.